The summed E-state index contributed by atoms with van der Waals surface area (Å²) in [7, 11) is -1.88. The van der Waals surface area contributed by atoms with Gasteiger partial charge in [0.15, 0.2) is 0 Å². The molecule has 1 amide bonds. The van der Waals surface area contributed by atoms with Crippen molar-refractivity contribution >= 4 is 45.1 Å². The Morgan fingerprint density at radius 1 is 1.11 bits per heavy atom. The van der Waals surface area contributed by atoms with Crippen LogP contribution in [0.5, 0.6) is 0 Å². The second-order valence-corrected chi connectivity index (χ2v) is 14.1. The van der Waals surface area contributed by atoms with Crippen molar-refractivity contribution in [1.82, 2.24) is 9.21 Å². The topological polar surface area (TPSA) is 95.0 Å². The molecule has 0 aromatic heterocycles. The second-order valence-electron chi connectivity index (χ2n) is 10.9. The molecule has 10 heteroatoms. The van der Waals surface area contributed by atoms with Crippen molar-refractivity contribution in [2.75, 3.05) is 13.6 Å². The molecule has 0 radical (unpaired) electrons. The molecule has 3 aliphatic rings. The molecular weight excluding hydrogens is 547 g/mol. The maximum absolute atomic E-state index is 14.3. The zero-order valence-corrected chi connectivity index (χ0v) is 23.7. The molecule has 2 aromatic rings. The summed E-state index contributed by atoms with van der Waals surface area (Å²) in [6, 6.07) is 13.9. The van der Waals surface area contributed by atoms with Crippen LogP contribution in [0.25, 0.3) is 0 Å². The van der Waals surface area contributed by atoms with Gasteiger partial charge in [-0.3, -0.25) is 9.59 Å². The molecule has 1 spiro atoms. The first-order valence-electron chi connectivity index (χ1n) is 13.0. The Kier molecular flexibility index (Phi) is 7.31. The van der Waals surface area contributed by atoms with Crippen molar-refractivity contribution in [3.8, 4) is 0 Å². The molecule has 1 aliphatic heterocycles. The summed E-state index contributed by atoms with van der Waals surface area (Å²) >= 11 is 12.6. The van der Waals surface area contributed by atoms with Crippen LogP contribution in [0.2, 0.25) is 10.0 Å². The van der Waals surface area contributed by atoms with Gasteiger partial charge in [0.05, 0.1) is 22.6 Å². The average Bonchev–Trinajstić information content (AvgIpc) is 3.80. The first-order chi connectivity index (χ1) is 18.0. The molecule has 2 aliphatic carbocycles. The van der Waals surface area contributed by atoms with Crippen molar-refractivity contribution in [2.45, 2.75) is 62.3 Å². The number of sulfonamides is 1. The van der Waals surface area contributed by atoms with E-state index in [0.29, 0.717) is 35.7 Å². The van der Waals surface area contributed by atoms with Crippen LogP contribution < -0.4 is 0 Å². The fourth-order valence-corrected chi connectivity index (χ4v) is 8.12. The third kappa shape index (κ3) is 4.85. The Balaban J connectivity index is 1.63. The number of amides is 1. The number of likely N-dealkylation sites (N-methyl/N-ethyl adjacent to an activating group) is 1. The molecule has 5 atom stereocenters. The van der Waals surface area contributed by atoms with Gasteiger partial charge >= 0.3 is 5.97 Å². The number of aliphatic carboxylic acids is 1. The number of halogens is 2. The van der Waals surface area contributed by atoms with Gasteiger partial charge in [0.25, 0.3) is 0 Å². The minimum Gasteiger partial charge on any atom is -0.481 e. The quantitative estimate of drug-likeness (QED) is 0.433. The molecule has 1 N–H and O–H groups in total. The summed E-state index contributed by atoms with van der Waals surface area (Å²) < 4.78 is 27.4. The van der Waals surface area contributed by atoms with Crippen molar-refractivity contribution in [1.29, 1.82) is 0 Å². The van der Waals surface area contributed by atoms with E-state index in [2.05, 4.69) is 0 Å². The minimum atomic E-state index is -3.46. The summed E-state index contributed by atoms with van der Waals surface area (Å²) in [5.41, 5.74) is 0.753. The summed E-state index contributed by atoms with van der Waals surface area (Å²) in [5, 5.41) is 10.7. The van der Waals surface area contributed by atoms with Crippen molar-refractivity contribution in [3.05, 3.63) is 69.7 Å². The van der Waals surface area contributed by atoms with E-state index < -0.39 is 39.4 Å². The van der Waals surface area contributed by atoms with Gasteiger partial charge in [-0.2, -0.15) is 0 Å². The lowest BCUT2D eigenvalue weighted by molar-refractivity contribution is -0.154. The van der Waals surface area contributed by atoms with Gasteiger partial charge in [-0.15, -0.1) is 0 Å². The largest absolute Gasteiger partial charge is 0.481 e. The number of carboxylic acids is 1. The Hall–Kier alpha value is -2.13. The SMILES string of the molecule is CC[C@@H](CN(C)S(=O)(=O)C1CC1)N1C(=O)C2(CC2C(=O)O)C[C@H](c2cccc(Cl)c2)[C@H]1c1ccc(Cl)cc1. The summed E-state index contributed by atoms with van der Waals surface area (Å²) in [5.74, 6) is -2.20. The molecule has 2 unspecified atom stereocenters. The highest BCUT2D eigenvalue weighted by atomic mass is 35.5. The number of carboxylic acid groups (broad SMARTS) is 1. The molecule has 1 heterocycles. The summed E-state index contributed by atoms with van der Waals surface area (Å²) in [6.07, 6.45) is 2.46. The predicted octanol–water partition coefficient (Wildman–Crippen LogP) is 5.34. The standard InChI is InChI=1S/C28H32Cl2N2O5S/c1-3-21(16-31(2)38(36,37)22-11-12-22)32-25(17-7-9-19(29)10-8-17)23(18-5-4-6-20(30)13-18)14-28(27(32)35)15-24(28)26(33)34/h4-10,13,21-25H,3,11-12,14-16H2,1-2H3,(H,33,34)/t21-,23+,24?,25+,28?/m0/s1. The lowest BCUT2D eigenvalue weighted by atomic mass is 9.72. The predicted molar refractivity (Wildman–Crippen MR) is 147 cm³/mol. The zero-order chi connectivity index (χ0) is 27.4. The number of benzene rings is 2. The lowest BCUT2D eigenvalue weighted by Gasteiger charge is -2.49. The van der Waals surface area contributed by atoms with Crippen LogP contribution in [0.4, 0.5) is 0 Å². The van der Waals surface area contributed by atoms with Crippen molar-refractivity contribution in [2.24, 2.45) is 11.3 Å². The number of carbonyl (C=O) groups excluding carboxylic acids is 1. The molecule has 3 fully saturated rings. The van der Waals surface area contributed by atoms with Gasteiger partial charge in [0.1, 0.15) is 0 Å². The minimum absolute atomic E-state index is 0.140. The van der Waals surface area contributed by atoms with E-state index in [0.717, 1.165) is 11.1 Å². The molecule has 2 aromatic carbocycles. The third-order valence-corrected chi connectivity index (χ3v) is 11.3. The molecule has 204 valence electrons. The molecule has 2 saturated carbocycles. The Morgan fingerprint density at radius 2 is 1.79 bits per heavy atom. The fourth-order valence-electron chi connectivity index (χ4n) is 6.18. The summed E-state index contributed by atoms with van der Waals surface area (Å²) in [6.45, 7) is 2.08. The normalized spacial score (nSPS) is 28.1. The monoisotopic (exact) mass is 578 g/mol. The lowest BCUT2D eigenvalue weighted by Crippen LogP contribution is -2.56. The number of carbonyl (C=O) groups is 2. The van der Waals surface area contributed by atoms with Gasteiger partial charge < -0.3 is 10.0 Å². The zero-order valence-electron chi connectivity index (χ0n) is 21.4. The molecule has 1 saturated heterocycles. The van der Waals surface area contributed by atoms with E-state index in [9.17, 15) is 23.1 Å². The van der Waals surface area contributed by atoms with Crippen LogP contribution in [0.3, 0.4) is 0 Å². The molecular formula is C28H32Cl2N2O5S. The van der Waals surface area contributed by atoms with Crippen molar-refractivity contribution in [3.63, 3.8) is 0 Å². The van der Waals surface area contributed by atoms with Gasteiger partial charge in [0, 0.05) is 35.6 Å². The Labute approximate surface area is 233 Å². The number of likely N-dealkylation sites (tertiary alicyclic amines) is 1. The second kappa shape index (κ2) is 10.1. The first-order valence-corrected chi connectivity index (χ1v) is 15.3. The van der Waals surface area contributed by atoms with Crippen LogP contribution in [0, 0.1) is 11.3 Å². The summed E-state index contributed by atoms with van der Waals surface area (Å²) in [4.78, 5) is 28.2. The maximum Gasteiger partial charge on any atom is 0.307 e. The smallest absolute Gasteiger partial charge is 0.307 e. The number of piperidine rings is 1. The van der Waals surface area contributed by atoms with E-state index in [4.69, 9.17) is 23.2 Å². The molecule has 38 heavy (non-hydrogen) atoms. The number of hydrogen-bond donors (Lipinski definition) is 1. The highest BCUT2D eigenvalue weighted by Gasteiger charge is 2.69. The number of rotatable bonds is 9. The number of hydrogen-bond acceptors (Lipinski definition) is 4. The van der Waals surface area contributed by atoms with E-state index in [1.54, 1.807) is 30.1 Å². The van der Waals surface area contributed by atoms with E-state index in [1.807, 2.05) is 37.3 Å². The number of nitrogens with zero attached hydrogens (tertiary/aromatic N) is 2. The maximum atomic E-state index is 14.3. The Bertz CT molecular complexity index is 1350. The molecule has 5 rings (SSSR count). The van der Waals surface area contributed by atoms with E-state index in [-0.39, 0.29) is 30.0 Å². The Morgan fingerprint density at radius 3 is 2.34 bits per heavy atom. The van der Waals surface area contributed by atoms with Crippen LogP contribution in [-0.2, 0) is 19.6 Å². The van der Waals surface area contributed by atoms with Crippen LogP contribution in [-0.4, -0.2) is 59.5 Å². The highest BCUT2D eigenvalue weighted by Crippen LogP contribution is 2.65. The van der Waals surface area contributed by atoms with Crippen LogP contribution in [0.15, 0.2) is 48.5 Å². The fraction of sp³-hybridized carbons (Fsp3) is 0.500. The average molecular weight is 580 g/mol. The molecule has 0 bridgehead atoms. The van der Waals surface area contributed by atoms with Gasteiger partial charge in [0.2, 0.25) is 15.9 Å². The highest BCUT2D eigenvalue weighted by molar-refractivity contribution is 7.90. The van der Waals surface area contributed by atoms with E-state index in [1.165, 1.54) is 4.31 Å². The van der Waals surface area contributed by atoms with Crippen LogP contribution in [0.1, 0.15) is 62.1 Å². The first kappa shape index (κ1) is 27.4. The van der Waals surface area contributed by atoms with Gasteiger partial charge in [-0.05, 0) is 67.5 Å². The van der Waals surface area contributed by atoms with Crippen molar-refractivity contribution < 1.29 is 23.1 Å². The molecule has 7 nitrogen and oxygen atoms in total. The van der Waals surface area contributed by atoms with Gasteiger partial charge in [-0.1, -0.05) is 54.4 Å². The third-order valence-electron chi connectivity index (χ3n) is 8.50. The van der Waals surface area contributed by atoms with Gasteiger partial charge in [-0.25, -0.2) is 12.7 Å². The van der Waals surface area contributed by atoms with E-state index >= 15 is 0 Å². The van der Waals surface area contributed by atoms with Crippen LogP contribution >= 0.6 is 23.2 Å².